The quantitative estimate of drug-likeness (QED) is 0.0197. The Morgan fingerprint density at radius 1 is 0.582 bits per heavy atom. The van der Waals surface area contributed by atoms with E-state index >= 15 is 0 Å². The molecule has 0 amide bonds. The van der Waals surface area contributed by atoms with Gasteiger partial charge in [-0.1, -0.05) is 183 Å². The number of carbonyl (C=O) groups is 1. The van der Waals surface area contributed by atoms with Crippen LogP contribution >= 0.6 is 0 Å². The van der Waals surface area contributed by atoms with Crippen LogP contribution in [-0.2, 0) is 38.3 Å². The lowest BCUT2D eigenvalue weighted by molar-refractivity contribution is -0.301. The second-order valence-corrected chi connectivity index (χ2v) is 18.8. The van der Waals surface area contributed by atoms with Crippen LogP contribution in [0.25, 0.3) is 0 Å². The Hall–Kier alpha value is -2.46. The molecule has 0 aliphatic carbocycles. The minimum absolute atomic E-state index is 0.0266. The number of rotatable bonds is 45. The largest absolute Gasteiger partial charge is 0.457 e. The zero-order valence-corrected chi connectivity index (χ0v) is 42.5. The van der Waals surface area contributed by atoms with Gasteiger partial charge in [-0.15, -0.1) is 0 Å². The predicted molar refractivity (Wildman–Crippen MR) is 271 cm³/mol. The van der Waals surface area contributed by atoms with Crippen molar-refractivity contribution in [3.05, 3.63) is 72.9 Å². The first-order chi connectivity index (χ1) is 32.6. The standard InChI is InChI=1S/C54H94O12S/c1-3-5-7-9-11-13-15-17-19-20-21-22-23-24-25-26-27-28-29-31-33-35-37-39-41-43-50(56)64-48(47-63-54-52(58)53(66-67(59,60)61)51(57)49(45-55)65-54)46-62-44-42-40-38-36-34-32-30-18-16-14-12-10-8-6-4-2/h5,7,11,13,16-19,21-22,24-25,48-49,51-55,57-58H,3-4,6,8-10,12,14-15,20,23,26-47H2,1-2H3,(H,59,60,61)/b7-5-,13-11-,18-16-,19-17-,22-21-,25-24-. The van der Waals surface area contributed by atoms with E-state index in [9.17, 15) is 33.1 Å². The highest BCUT2D eigenvalue weighted by Crippen LogP contribution is 2.26. The van der Waals surface area contributed by atoms with Crippen LogP contribution in [0.3, 0.4) is 0 Å². The second kappa shape index (κ2) is 44.7. The molecule has 12 nitrogen and oxygen atoms in total. The van der Waals surface area contributed by atoms with Crippen LogP contribution in [0.4, 0.5) is 0 Å². The lowest BCUT2D eigenvalue weighted by atomic mass is 9.99. The predicted octanol–water partition coefficient (Wildman–Crippen LogP) is 12.2. The Balaban J connectivity index is 2.34. The summed E-state index contributed by atoms with van der Waals surface area (Å²) in [5.74, 6) is -0.409. The van der Waals surface area contributed by atoms with Gasteiger partial charge in [0.1, 0.15) is 30.5 Å². The van der Waals surface area contributed by atoms with Gasteiger partial charge in [-0.2, -0.15) is 8.42 Å². The number of allylic oxidation sites excluding steroid dienone is 12. The van der Waals surface area contributed by atoms with Crippen LogP contribution in [0.2, 0.25) is 0 Å². The Bertz CT molecular complexity index is 1440. The average molecular weight is 967 g/mol. The fourth-order valence-electron chi connectivity index (χ4n) is 7.64. The molecule has 0 aromatic heterocycles. The summed E-state index contributed by atoms with van der Waals surface area (Å²) in [6.45, 7) is 3.85. The number of carbonyl (C=O) groups excluding carboxylic acids is 1. The van der Waals surface area contributed by atoms with Crippen molar-refractivity contribution in [2.24, 2.45) is 0 Å². The molecule has 0 bridgehead atoms. The number of unbranched alkanes of at least 4 members (excludes halogenated alkanes) is 20. The summed E-state index contributed by atoms with van der Waals surface area (Å²) >= 11 is 0. The summed E-state index contributed by atoms with van der Waals surface area (Å²) in [6, 6.07) is 0. The highest BCUT2D eigenvalue weighted by Gasteiger charge is 2.48. The Kier molecular flexibility index (Phi) is 41.8. The molecule has 0 radical (unpaired) electrons. The van der Waals surface area contributed by atoms with Crippen LogP contribution < -0.4 is 0 Å². The summed E-state index contributed by atoms with van der Waals surface area (Å²) in [5, 5.41) is 30.8. The van der Waals surface area contributed by atoms with E-state index in [1.807, 2.05) is 0 Å². The lowest BCUT2D eigenvalue weighted by Gasteiger charge is -2.41. The van der Waals surface area contributed by atoms with Crippen LogP contribution in [0.5, 0.6) is 0 Å². The minimum Gasteiger partial charge on any atom is -0.457 e. The van der Waals surface area contributed by atoms with Gasteiger partial charge in [0.2, 0.25) is 0 Å². The molecular weight excluding hydrogens is 873 g/mol. The molecule has 1 aliphatic rings. The number of hydrogen-bond acceptors (Lipinski definition) is 11. The maximum atomic E-state index is 12.9. The molecule has 0 aromatic rings. The van der Waals surface area contributed by atoms with Gasteiger partial charge < -0.3 is 34.3 Å². The summed E-state index contributed by atoms with van der Waals surface area (Å²) in [5.41, 5.74) is 0. The Morgan fingerprint density at radius 3 is 1.52 bits per heavy atom. The third-order valence-electron chi connectivity index (χ3n) is 11.6. The monoisotopic (exact) mass is 967 g/mol. The number of ether oxygens (including phenoxy) is 4. The van der Waals surface area contributed by atoms with E-state index in [0.717, 1.165) is 83.5 Å². The van der Waals surface area contributed by atoms with Gasteiger partial charge in [-0.05, 0) is 83.5 Å². The van der Waals surface area contributed by atoms with E-state index in [4.69, 9.17) is 18.9 Å². The van der Waals surface area contributed by atoms with E-state index < -0.39 is 59.8 Å². The van der Waals surface area contributed by atoms with Gasteiger partial charge in [-0.3, -0.25) is 9.35 Å². The van der Waals surface area contributed by atoms with Crippen molar-refractivity contribution in [3.63, 3.8) is 0 Å². The molecule has 13 heteroatoms. The van der Waals surface area contributed by atoms with Gasteiger partial charge in [-0.25, -0.2) is 4.18 Å². The molecule has 1 aliphatic heterocycles. The number of esters is 1. The van der Waals surface area contributed by atoms with E-state index in [1.54, 1.807) is 0 Å². The van der Waals surface area contributed by atoms with Crippen LogP contribution in [0, 0.1) is 0 Å². The highest BCUT2D eigenvalue weighted by molar-refractivity contribution is 7.80. The SMILES string of the molecule is CC/C=C\C/C=C\C/C=C\C/C=C\C/C=C\CCCCCCCCCCCC(=O)OC(COCCCCCCCC/C=C\CCCCCCC)COC1OC(CO)C(O)C(OS(=O)(=O)O)C1O. The van der Waals surface area contributed by atoms with Crippen molar-refractivity contribution in [1.29, 1.82) is 0 Å². The van der Waals surface area contributed by atoms with Crippen molar-refractivity contribution in [1.82, 2.24) is 0 Å². The number of aliphatic hydroxyl groups excluding tert-OH is 3. The summed E-state index contributed by atoms with van der Waals surface area (Å²) in [4.78, 5) is 12.9. The number of hydrogen-bond donors (Lipinski definition) is 4. The van der Waals surface area contributed by atoms with Crippen LogP contribution in [0.15, 0.2) is 72.9 Å². The van der Waals surface area contributed by atoms with Gasteiger partial charge in [0.25, 0.3) is 0 Å². The normalized spacial score (nSPS) is 20.0. The van der Waals surface area contributed by atoms with Crippen molar-refractivity contribution in [2.75, 3.05) is 26.4 Å². The number of aliphatic hydroxyl groups is 3. The molecule has 1 rings (SSSR count). The van der Waals surface area contributed by atoms with E-state index in [0.29, 0.717) is 13.0 Å². The van der Waals surface area contributed by atoms with Crippen LogP contribution in [-0.4, -0.2) is 97.5 Å². The molecule has 1 heterocycles. The Labute approximate surface area is 407 Å². The minimum atomic E-state index is -5.07. The fourth-order valence-corrected chi connectivity index (χ4v) is 8.14. The maximum absolute atomic E-state index is 12.9. The highest BCUT2D eigenvalue weighted by atomic mass is 32.3. The Morgan fingerprint density at radius 2 is 1.03 bits per heavy atom. The van der Waals surface area contributed by atoms with Crippen molar-refractivity contribution in [2.45, 2.75) is 237 Å². The second-order valence-electron chi connectivity index (χ2n) is 17.7. The molecule has 0 saturated carbocycles. The third kappa shape index (κ3) is 38.0. The molecule has 388 valence electrons. The molecule has 6 unspecified atom stereocenters. The smallest absolute Gasteiger partial charge is 0.397 e. The topological polar surface area (TPSA) is 178 Å². The van der Waals surface area contributed by atoms with Gasteiger partial charge >= 0.3 is 16.4 Å². The van der Waals surface area contributed by atoms with Gasteiger partial charge in [0, 0.05) is 13.0 Å². The van der Waals surface area contributed by atoms with Crippen molar-refractivity contribution >= 4 is 16.4 Å². The zero-order valence-electron chi connectivity index (χ0n) is 41.7. The van der Waals surface area contributed by atoms with Gasteiger partial charge in [0.05, 0.1) is 19.8 Å². The maximum Gasteiger partial charge on any atom is 0.397 e. The zero-order chi connectivity index (χ0) is 48.9. The molecule has 0 spiro atoms. The van der Waals surface area contributed by atoms with E-state index in [2.05, 4.69) is 90.9 Å². The lowest BCUT2D eigenvalue weighted by Crippen LogP contribution is -2.60. The fraction of sp³-hybridized carbons (Fsp3) is 0.759. The molecular formula is C54H94O12S. The van der Waals surface area contributed by atoms with E-state index in [1.165, 1.54) is 89.9 Å². The first-order valence-electron chi connectivity index (χ1n) is 26.2. The average Bonchev–Trinajstić information content (AvgIpc) is 3.30. The molecule has 6 atom stereocenters. The summed E-state index contributed by atoms with van der Waals surface area (Å²) < 4.78 is 59.2. The van der Waals surface area contributed by atoms with Crippen molar-refractivity contribution < 1.29 is 56.2 Å². The molecule has 1 fully saturated rings. The molecule has 67 heavy (non-hydrogen) atoms. The first-order valence-corrected chi connectivity index (χ1v) is 27.6. The summed E-state index contributed by atoms with van der Waals surface area (Å²) in [6.07, 6.45) is 49.3. The molecule has 1 saturated heterocycles. The van der Waals surface area contributed by atoms with E-state index in [-0.39, 0.29) is 19.6 Å². The van der Waals surface area contributed by atoms with Crippen LogP contribution in [0.1, 0.15) is 200 Å². The first kappa shape index (κ1) is 62.6. The molecule has 0 aromatic carbocycles. The third-order valence-corrected chi connectivity index (χ3v) is 12.0. The summed E-state index contributed by atoms with van der Waals surface area (Å²) in [7, 11) is -5.07. The van der Waals surface area contributed by atoms with Gasteiger partial charge in [0.15, 0.2) is 6.29 Å². The van der Waals surface area contributed by atoms with Crippen molar-refractivity contribution in [3.8, 4) is 0 Å². The molecule has 4 N–H and O–H groups in total.